The van der Waals surface area contributed by atoms with Gasteiger partial charge in [0.1, 0.15) is 0 Å². The van der Waals surface area contributed by atoms with E-state index in [4.69, 9.17) is 10.5 Å². The van der Waals surface area contributed by atoms with E-state index in [2.05, 4.69) is 38.0 Å². The standard InChI is InChI=1S/C11H25N3O/c1-9(2)7-14-11(12)13-5-6-15-8-10(3)4/h9-10H,5-8H2,1-4H3,(H3,12,13,14). The predicted octanol–water partition coefficient (Wildman–Crippen LogP) is 1.22. The molecule has 0 saturated heterocycles. The molecule has 0 radical (unpaired) electrons. The van der Waals surface area contributed by atoms with E-state index in [1.54, 1.807) is 0 Å². The first-order valence-corrected chi connectivity index (χ1v) is 5.64. The molecule has 0 fully saturated rings. The quantitative estimate of drug-likeness (QED) is 0.381. The molecule has 0 aliphatic rings. The zero-order chi connectivity index (χ0) is 11.7. The number of nitrogens with one attached hydrogen (secondary N) is 1. The largest absolute Gasteiger partial charge is 0.379 e. The van der Waals surface area contributed by atoms with Crippen LogP contribution in [-0.2, 0) is 4.74 Å². The fourth-order valence-corrected chi connectivity index (χ4v) is 0.907. The number of rotatable bonds is 7. The highest BCUT2D eigenvalue weighted by molar-refractivity contribution is 5.77. The molecule has 0 aromatic heterocycles. The molecule has 90 valence electrons. The lowest BCUT2D eigenvalue weighted by atomic mass is 10.2. The van der Waals surface area contributed by atoms with Gasteiger partial charge in [-0.15, -0.1) is 0 Å². The van der Waals surface area contributed by atoms with Crippen LogP contribution in [0.5, 0.6) is 0 Å². The Morgan fingerprint density at radius 1 is 1.27 bits per heavy atom. The van der Waals surface area contributed by atoms with Crippen LogP contribution in [0.15, 0.2) is 4.99 Å². The van der Waals surface area contributed by atoms with Crippen LogP contribution in [0.1, 0.15) is 27.7 Å². The van der Waals surface area contributed by atoms with Crippen molar-refractivity contribution in [3.05, 3.63) is 0 Å². The van der Waals surface area contributed by atoms with Crippen molar-refractivity contribution >= 4 is 5.96 Å². The summed E-state index contributed by atoms with van der Waals surface area (Å²) in [6.07, 6.45) is 0. The molecule has 0 atom stereocenters. The Kier molecular flexibility index (Phi) is 8.09. The zero-order valence-corrected chi connectivity index (χ0v) is 10.4. The van der Waals surface area contributed by atoms with Crippen LogP contribution in [0, 0.1) is 11.8 Å². The summed E-state index contributed by atoms with van der Waals surface area (Å²) in [4.78, 5) is 4.18. The average Bonchev–Trinajstić information content (AvgIpc) is 2.13. The molecule has 0 bridgehead atoms. The van der Waals surface area contributed by atoms with Crippen LogP contribution >= 0.6 is 0 Å². The number of guanidine groups is 1. The Labute approximate surface area is 93.3 Å². The van der Waals surface area contributed by atoms with Crippen molar-refractivity contribution < 1.29 is 4.74 Å². The van der Waals surface area contributed by atoms with Gasteiger partial charge in [-0.2, -0.15) is 0 Å². The summed E-state index contributed by atoms with van der Waals surface area (Å²) in [5.41, 5.74) is 5.65. The van der Waals surface area contributed by atoms with Gasteiger partial charge < -0.3 is 15.8 Å². The van der Waals surface area contributed by atoms with E-state index in [0.717, 1.165) is 19.7 Å². The van der Waals surface area contributed by atoms with Crippen molar-refractivity contribution in [1.29, 1.82) is 0 Å². The molecule has 0 amide bonds. The Hall–Kier alpha value is -0.770. The molecule has 0 aliphatic carbocycles. The summed E-state index contributed by atoms with van der Waals surface area (Å²) in [5.74, 6) is 1.64. The highest BCUT2D eigenvalue weighted by Gasteiger charge is 1.95. The van der Waals surface area contributed by atoms with Crippen LogP contribution < -0.4 is 11.1 Å². The van der Waals surface area contributed by atoms with Gasteiger partial charge in [-0.3, -0.25) is 4.99 Å². The highest BCUT2D eigenvalue weighted by atomic mass is 16.5. The molecule has 4 heteroatoms. The molecule has 0 heterocycles. The number of hydrogen-bond donors (Lipinski definition) is 2. The average molecular weight is 215 g/mol. The summed E-state index contributed by atoms with van der Waals surface area (Å²) >= 11 is 0. The smallest absolute Gasteiger partial charge is 0.188 e. The monoisotopic (exact) mass is 215 g/mol. The van der Waals surface area contributed by atoms with E-state index in [9.17, 15) is 0 Å². The zero-order valence-electron chi connectivity index (χ0n) is 10.4. The molecule has 0 aromatic carbocycles. The first kappa shape index (κ1) is 14.2. The number of hydrogen-bond acceptors (Lipinski definition) is 2. The molecule has 0 aromatic rings. The molecule has 0 aliphatic heterocycles. The fraction of sp³-hybridized carbons (Fsp3) is 0.909. The maximum atomic E-state index is 5.65. The molecule has 0 saturated carbocycles. The van der Waals surface area contributed by atoms with E-state index in [-0.39, 0.29) is 0 Å². The third kappa shape index (κ3) is 11.2. The van der Waals surface area contributed by atoms with Gasteiger partial charge in [-0.05, 0) is 11.8 Å². The lowest BCUT2D eigenvalue weighted by Crippen LogP contribution is -2.34. The Morgan fingerprint density at radius 2 is 1.93 bits per heavy atom. The second-order valence-corrected chi connectivity index (χ2v) is 4.52. The lowest BCUT2D eigenvalue weighted by Gasteiger charge is -2.08. The van der Waals surface area contributed by atoms with Crippen molar-refractivity contribution in [1.82, 2.24) is 5.32 Å². The van der Waals surface area contributed by atoms with Crippen LogP contribution in [0.25, 0.3) is 0 Å². The van der Waals surface area contributed by atoms with Crippen LogP contribution in [0.4, 0.5) is 0 Å². The van der Waals surface area contributed by atoms with E-state index >= 15 is 0 Å². The van der Waals surface area contributed by atoms with E-state index in [1.807, 2.05) is 0 Å². The third-order valence-electron chi connectivity index (χ3n) is 1.63. The van der Waals surface area contributed by atoms with Crippen molar-refractivity contribution in [2.24, 2.45) is 22.6 Å². The summed E-state index contributed by atoms with van der Waals surface area (Å²) in [7, 11) is 0. The first-order valence-electron chi connectivity index (χ1n) is 5.64. The maximum absolute atomic E-state index is 5.65. The topological polar surface area (TPSA) is 59.6 Å². The molecule has 0 spiro atoms. The van der Waals surface area contributed by atoms with Gasteiger partial charge in [0.2, 0.25) is 0 Å². The minimum atomic E-state index is 0.511. The molecule has 0 rings (SSSR count). The van der Waals surface area contributed by atoms with E-state index in [1.165, 1.54) is 0 Å². The van der Waals surface area contributed by atoms with Crippen molar-refractivity contribution in [2.45, 2.75) is 27.7 Å². The molecular formula is C11H25N3O. The number of nitrogens with two attached hydrogens (primary N) is 1. The number of ether oxygens (including phenoxy) is 1. The van der Waals surface area contributed by atoms with Crippen molar-refractivity contribution in [3.63, 3.8) is 0 Å². The Balaban J connectivity index is 3.38. The maximum Gasteiger partial charge on any atom is 0.188 e. The minimum Gasteiger partial charge on any atom is -0.379 e. The van der Waals surface area contributed by atoms with Crippen molar-refractivity contribution in [3.8, 4) is 0 Å². The van der Waals surface area contributed by atoms with Crippen LogP contribution in [0.3, 0.4) is 0 Å². The van der Waals surface area contributed by atoms with Gasteiger partial charge in [0, 0.05) is 19.7 Å². The molecule has 0 unspecified atom stereocenters. The molecular weight excluding hydrogens is 190 g/mol. The summed E-state index contributed by atoms with van der Waals surface area (Å²) in [6.45, 7) is 11.5. The molecule has 3 N–H and O–H groups in total. The van der Waals surface area contributed by atoms with Gasteiger partial charge in [-0.25, -0.2) is 0 Å². The van der Waals surface area contributed by atoms with E-state index in [0.29, 0.717) is 24.4 Å². The molecule has 15 heavy (non-hydrogen) atoms. The third-order valence-corrected chi connectivity index (χ3v) is 1.63. The second kappa shape index (κ2) is 8.53. The fourth-order valence-electron chi connectivity index (χ4n) is 0.907. The minimum absolute atomic E-state index is 0.511. The van der Waals surface area contributed by atoms with Gasteiger partial charge in [0.15, 0.2) is 5.96 Å². The van der Waals surface area contributed by atoms with Gasteiger partial charge >= 0.3 is 0 Å². The predicted molar refractivity (Wildman–Crippen MR) is 65.0 cm³/mol. The summed E-state index contributed by atoms with van der Waals surface area (Å²) in [6, 6.07) is 0. The molecule has 4 nitrogen and oxygen atoms in total. The SMILES string of the molecule is CC(C)CN=C(N)NCCOCC(C)C. The van der Waals surface area contributed by atoms with Crippen LogP contribution in [-0.4, -0.2) is 32.3 Å². The van der Waals surface area contributed by atoms with Gasteiger partial charge in [0.05, 0.1) is 6.61 Å². The normalized spacial score (nSPS) is 12.5. The number of aliphatic imine (C=N–C) groups is 1. The Bertz CT molecular complexity index is 179. The summed E-state index contributed by atoms with van der Waals surface area (Å²) in [5, 5.41) is 3.01. The van der Waals surface area contributed by atoms with Crippen molar-refractivity contribution in [2.75, 3.05) is 26.3 Å². The van der Waals surface area contributed by atoms with Gasteiger partial charge in [-0.1, -0.05) is 27.7 Å². The highest BCUT2D eigenvalue weighted by Crippen LogP contribution is 1.91. The second-order valence-electron chi connectivity index (χ2n) is 4.52. The number of nitrogens with zero attached hydrogens (tertiary/aromatic N) is 1. The van der Waals surface area contributed by atoms with Crippen LogP contribution in [0.2, 0.25) is 0 Å². The first-order chi connectivity index (χ1) is 7.02. The summed E-state index contributed by atoms with van der Waals surface area (Å²) < 4.78 is 5.40. The van der Waals surface area contributed by atoms with E-state index < -0.39 is 0 Å². The lowest BCUT2D eigenvalue weighted by molar-refractivity contribution is 0.114. The Morgan fingerprint density at radius 3 is 2.47 bits per heavy atom. The van der Waals surface area contributed by atoms with Gasteiger partial charge in [0.25, 0.3) is 0 Å².